The van der Waals surface area contributed by atoms with Crippen LogP contribution in [0.4, 0.5) is 13.2 Å². The molecule has 140 valence electrons. The second-order valence-corrected chi connectivity index (χ2v) is 7.96. The maximum Gasteiger partial charge on any atom is 0.416 e. The molecule has 0 bridgehead atoms. The number of aryl methyl sites for hydroxylation is 1. The van der Waals surface area contributed by atoms with E-state index >= 15 is 0 Å². The molecule has 1 unspecified atom stereocenters. The van der Waals surface area contributed by atoms with Crippen molar-refractivity contribution < 1.29 is 21.6 Å². The Morgan fingerprint density at radius 2 is 2.04 bits per heavy atom. The number of pyridine rings is 1. The Labute approximate surface area is 149 Å². The van der Waals surface area contributed by atoms with Gasteiger partial charge in [-0.1, -0.05) is 12.1 Å². The van der Waals surface area contributed by atoms with E-state index < -0.39 is 27.8 Å². The third-order valence-corrected chi connectivity index (χ3v) is 6.42. The normalized spacial score (nSPS) is 19.5. The minimum atomic E-state index is -4.61. The lowest BCUT2D eigenvalue weighted by molar-refractivity contribution is -0.137. The maximum atomic E-state index is 13.2. The van der Waals surface area contributed by atoms with Gasteiger partial charge in [-0.25, -0.2) is 8.42 Å². The Balaban J connectivity index is 2.06. The van der Waals surface area contributed by atoms with Crippen molar-refractivity contribution in [3.05, 3.63) is 59.4 Å². The molecule has 1 aliphatic rings. The Kier molecular flexibility index (Phi) is 5.05. The Morgan fingerprint density at radius 3 is 2.69 bits per heavy atom. The summed E-state index contributed by atoms with van der Waals surface area (Å²) in [6, 6.07) is 5.72. The van der Waals surface area contributed by atoms with Crippen LogP contribution in [0, 0.1) is 6.92 Å². The average molecular weight is 385 g/mol. The van der Waals surface area contributed by atoms with Gasteiger partial charge in [-0.05, 0) is 36.2 Å². The molecule has 1 saturated heterocycles. The lowest BCUT2D eigenvalue weighted by atomic mass is 10.1. The second kappa shape index (κ2) is 6.98. The smallest absolute Gasteiger partial charge is 0.313 e. The quantitative estimate of drug-likeness (QED) is 0.883. The summed E-state index contributed by atoms with van der Waals surface area (Å²) in [5.41, 5.74) is -0.0101. The summed E-state index contributed by atoms with van der Waals surface area (Å²) < 4.78 is 66.8. The highest BCUT2D eigenvalue weighted by Gasteiger charge is 2.37. The van der Waals surface area contributed by atoms with E-state index in [4.69, 9.17) is 0 Å². The van der Waals surface area contributed by atoms with Gasteiger partial charge >= 0.3 is 6.18 Å². The van der Waals surface area contributed by atoms with Crippen LogP contribution in [0.2, 0.25) is 0 Å². The van der Waals surface area contributed by atoms with Crippen LogP contribution in [0.25, 0.3) is 0 Å². The van der Waals surface area contributed by atoms with Crippen molar-refractivity contribution in [3.8, 4) is 0 Å². The predicted octanol–water partition coefficient (Wildman–Crippen LogP) is 2.74. The standard InChI is InChI=1S/C17H18F3N3O2S/c1-12-4-5-14(17(18,19)20)9-16(12)26(24,25)23-8-7-22-11-15(23)13-3-2-6-21-10-13/h2-6,9-10,15,22H,7-8,11H2,1H3. The summed E-state index contributed by atoms with van der Waals surface area (Å²) in [6.45, 7) is 2.45. The maximum absolute atomic E-state index is 13.2. The molecule has 1 aromatic heterocycles. The first-order valence-corrected chi connectivity index (χ1v) is 9.45. The number of alkyl halides is 3. The first kappa shape index (κ1) is 18.8. The van der Waals surface area contributed by atoms with Gasteiger partial charge in [0.25, 0.3) is 0 Å². The van der Waals surface area contributed by atoms with E-state index in [-0.39, 0.29) is 17.0 Å². The summed E-state index contributed by atoms with van der Waals surface area (Å²) in [7, 11) is -4.11. The van der Waals surface area contributed by atoms with Crippen molar-refractivity contribution >= 4 is 10.0 Å². The fourth-order valence-electron chi connectivity index (χ4n) is 3.01. The molecule has 5 nitrogen and oxygen atoms in total. The van der Waals surface area contributed by atoms with Crippen molar-refractivity contribution in [2.45, 2.75) is 24.0 Å². The first-order valence-electron chi connectivity index (χ1n) is 8.01. The summed E-state index contributed by atoms with van der Waals surface area (Å²) in [5.74, 6) is 0. The van der Waals surface area contributed by atoms with Gasteiger partial charge in [0, 0.05) is 32.0 Å². The molecule has 1 N–H and O–H groups in total. The molecule has 0 amide bonds. The summed E-state index contributed by atoms with van der Waals surface area (Å²) >= 11 is 0. The molecule has 2 heterocycles. The molecule has 0 aliphatic carbocycles. The van der Waals surface area contributed by atoms with Crippen LogP contribution < -0.4 is 5.32 Å². The summed E-state index contributed by atoms with van der Waals surface area (Å²) in [4.78, 5) is 3.70. The highest BCUT2D eigenvalue weighted by molar-refractivity contribution is 7.89. The number of nitrogens with one attached hydrogen (secondary N) is 1. The number of hydrogen-bond donors (Lipinski definition) is 1. The minimum absolute atomic E-state index is 0.164. The Morgan fingerprint density at radius 1 is 1.27 bits per heavy atom. The second-order valence-electron chi connectivity index (χ2n) is 6.10. The minimum Gasteiger partial charge on any atom is -0.313 e. The monoisotopic (exact) mass is 385 g/mol. The largest absolute Gasteiger partial charge is 0.416 e. The van der Waals surface area contributed by atoms with Gasteiger partial charge in [-0.2, -0.15) is 17.5 Å². The van der Waals surface area contributed by atoms with Gasteiger partial charge in [0.2, 0.25) is 10.0 Å². The van der Waals surface area contributed by atoms with Crippen LogP contribution in [-0.2, 0) is 16.2 Å². The zero-order valence-corrected chi connectivity index (χ0v) is 14.8. The van der Waals surface area contributed by atoms with Crippen molar-refractivity contribution in [1.29, 1.82) is 0 Å². The highest BCUT2D eigenvalue weighted by Crippen LogP contribution is 2.34. The van der Waals surface area contributed by atoms with Gasteiger partial charge in [0.15, 0.2) is 0 Å². The van der Waals surface area contributed by atoms with Gasteiger partial charge in [0.1, 0.15) is 0 Å². The predicted molar refractivity (Wildman–Crippen MR) is 89.9 cm³/mol. The molecule has 3 rings (SSSR count). The van der Waals surface area contributed by atoms with E-state index in [1.807, 2.05) is 0 Å². The van der Waals surface area contributed by atoms with Gasteiger partial charge in [-0.3, -0.25) is 4.98 Å². The molecule has 1 aliphatic heterocycles. The van der Waals surface area contributed by atoms with Crippen molar-refractivity contribution in [2.75, 3.05) is 19.6 Å². The number of nitrogens with zero attached hydrogens (tertiary/aromatic N) is 2. The molecule has 1 aromatic carbocycles. The number of rotatable bonds is 3. The number of benzene rings is 1. The van der Waals surface area contributed by atoms with Crippen molar-refractivity contribution in [1.82, 2.24) is 14.6 Å². The Hall–Kier alpha value is -1.97. The molecular formula is C17H18F3N3O2S. The molecule has 0 radical (unpaired) electrons. The molecule has 0 saturated carbocycles. The average Bonchev–Trinajstić information content (AvgIpc) is 2.61. The van der Waals surface area contributed by atoms with E-state index in [1.165, 1.54) is 17.3 Å². The molecule has 2 aromatic rings. The molecule has 1 fully saturated rings. The lowest BCUT2D eigenvalue weighted by Crippen LogP contribution is -2.48. The molecule has 26 heavy (non-hydrogen) atoms. The molecule has 9 heteroatoms. The van der Waals surface area contributed by atoms with Crippen molar-refractivity contribution in [3.63, 3.8) is 0 Å². The van der Waals surface area contributed by atoms with E-state index in [0.717, 1.165) is 6.07 Å². The van der Waals surface area contributed by atoms with Gasteiger partial charge < -0.3 is 5.32 Å². The van der Waals surface area contributed by atoms with Crippen LogP contribution >= 0.6 is 0 Å². The number of hydrogen-bond acceptors (Lipinski definition) is 4. The third kappa shape index (κ3) is 3.60. The number of aromatic nitrogens is 1. The zero-order chi connectivity index (χ0) is 18.9. The van der Waals surface area contributed by atoms with Crippen molar-refractivity contribution in [2.24, 2.45) is 0 Å². The van der Waals surface area contributed by atoms with E-state index in [0.29, 0.717) is 24.7 Å². The number of halogens is 3. The van der Waals surface area contributed by atoms with E-state index in [9.17, 15) is 21.6 Å². The fourth-order valence-corrected chi connectivity index (χ4v) is 4.88. The zero-order valence-electron chi connectivity index (χ0n) is 14.0. The van der Waals surface area contributed by atoms with Crippen LogP contribution in [0.1, 0.15) is 22.7 Å². The van der Waals surface area contributed by atoms with E-state index in [1.54, 1.807) is 24.5 Å². The van der Waals surface area contributed by atoms with Gasteiger partial charge in [0.05, 0.1) is 16.5 Å². The third-order valence-electron chi connectivity index (χ3n) is 4.37. The molecule has 0 spiro atoms. The van der Waals surface area contributed by atoms with Crippen LogP contribution in [0.15, 0.2) is 47.6 Å². The first-order chi connectivity index (χ1) is 12.2. The SMILES string of the molecule is Cc1ccc(C(F)(F)F)cc1S(=O)(=O)N1CCNCC1c1cccnc1. The number of piperazine rings is 1. The van der Waals surface area contributed by atoms with Crippen LogP contribution in [0.3, 0.4) is 0 Å². The Bertz CT molecular complexity index is 886. The number of sulfonamides is 1. The lowest BCUT2D eigenvalue weighted by Gasteiger charge is -2.35. The molecule has 1 atom stereocenters. The highest BCUT2D eigenvalue weighted by atomic mass is 32.2. The van der Waals surface area contributed by atoms with Crippen LogP contribution in [0.5, 0.6) is 0 Å². The molecular weight excluding hydrogens is 367 g/mol. The van der Waals surface area contributed by atoms with E-state index in [2.05, 4.69) is 10.3 Å². The topological polar surface area (TPSA) is 62.3 Å². The van der Waals surface area contributed by atoms with Crippen LogP contribution in [-0.4, -0.2) is 37.3 Å². The van der Waals surface area contributed by atoms with Gasteiger partial charge in [-0.15, -0.1) is 0 Å². The summed E-state index contributed by atoms with van der Waals surface area (Å²) in [6.07, 6.45) is -1.46. The summed E-state index contributed by atoms with van der Waals surface area (Å²) in [5, 5.41) is 3.12. The fraction of sp³-hybridized carbons (Fsp3) is 0.353.